The topological polar surface area (TPSA) is 106 Å². The van der Waals surface area contributed by atoms with Crippen molar-refractivity contribution in [3.8, 4) is 11.8 Å². The van der Waals surface area contributed by atoms with Crippen molar-refractivity contribution in [3.63, 3.8) is 0 Å². The first-order valence-corrected chi connectivity index (χ1v) is 10.0. The number of hydrogen-bond acceptors (Lipinski definition) is 7. The van der Waals surface area contributed by atoms with E-state index in [4.69, 9.17) is 19.3 Å². The van der Waals surface area contributed by atoms with Gasteiger partial charge in [0.1, 0.15) is 18.1 Å². The number of esters is 1. The Morgan fingerprint density at radius 2 is 1.91 bits per heavy atom. The number of aryl methyl sites for hydroxylation is 2. The normalized spacial score (nSPS) is 10.3. The van der Waals surface area contributed by atoms with Gasteiger partial charge in [-0.3, -0.25) is 4.79 Å². The number of nitriles is 1. The first-order chi connectivity index (χ1) is 15.5. The van der Waals surface area contributed by atoms with Crippen LogP contribution in [0, 0.1) is 25.2 Å². The van der Waals surface area contributed by atoms with Crippen LogP contribution in [-0.4, -0.2) is 30.2 Å². The molecule has 3 aromatic rings. The van der Waals surface area contributed by atoms with E-state index < -0.39 is 18.5 Å². The molecule has 0 fully saturated rings. The highest BCUT2D eigenvalue weighted by molar-refractivity contribution is 5.97. The van der Waals surface area contributed by atoms with E-state index in [1.54, 1.807) is 55.5 Å². The highest BCUT2D eigenvalue weighted by atomic mass is 16.5. The van der Waals surface area contributed by atoms with Crippen LogP contribution in [-0.2, 0) is 16.1 Å². The summed E-state index contributed by atoms with van der Waals surface area (Å²) in [5.41, 5.74) is 2.49. The second-order valence-electron chi connectivity index (χ2n) is 6.98. The highest BCUT2D eigenvalue weighted by Crippen LogP contribution is 2.19. The monoisotopic (exact) mass is 433 g/mol. The molecular weight excluding hydrogens is 410 g/mol. The van der Waals surface area contributed by atoms with Gasteiger partial charge in [0.05, 0.1) is 29.3 Å². The molecule has 0 aliphatic heterocycles. The molecule has 0 N–H and O–H groups in total. The van der Waals surface area contributed by atoms with Crippen molar-refractivity contribution in [1.82, 2.24) is 5.16 Å². The van der Waals surface area contributed by atoms with Crippen molar-refractivity contribution in [2.75, 3.05) is 18.1 Å². The molecule has 0 atom stereocenters. The van der Waals surface area contributed by atoms with E-state index in [9.17, 15) is 9.59 Å². The fourth-order valence-corrected chi connectivity index (χ4v) is 3.03. The summed E-state index contributed by atoms with van der Waals surface area (Å²) < 4.78 is 16.1. The standard InChI is InChI=1S/C24H23N3O5/c1-17-22(18(2)32-26-17)15-30-21-11-6-8-19(14-21)24(29)31-16-23(28)27(13-7-12-25)20-9-4-3-5-10-20/h3-6,8-11,14H,7,13,15-16H2,1-2H3. The molecule has 0 bridgehead atoms. The molecule has 0 aliphatic rings. The highest BCUT2D eigenvalue weighted by Gasteiger charge is 2.18. The van der Waals surface area contributed by atoms with Gasteiger partial charge >= 0.3 is 5.97 Å². The Balaban J connectivity index is 1.61. The number of hydrogen-bond donors (Lipinski definition) is 0. The summed E-state index contributed by atoms with van der Waals surface area (Å²) in [7, 11) is 0. The SMILES string of the molecule is Cc1noc(C)c1COc1cccc(C(=O)OCC(=O)N(CCC#N)c2ccccc2)c1. The molecule has 0 saturated heterocycles. The first-order valence-electron chi connectivity index (χ1n) is 10.0. The third kappa shape index (κ3) is 5.73. The maximum absolute atomic E-state index is 12.6. The van der Waals surface area contributed by atoms with Crippen molar-refractivity contribution in [2.24, 2.45) is 0 Å². The molecule has 164 valence electrons. The van der Waals surface area contributed by atoms with E-state index in [-0.39, 0.29) is 25.1 Å². The summed E-state index contributed by atoms with van der Waals surface area (Å²) in [5, 5.41) is 12.8. The Bertz CT molecular complexity index is 1100. The van der Waals surface area contributed by atoms with Gasteiger partial charge in [0.2, 0.25) is 0 Å². The number of para-hydroxylation sites is 1. The Morgan fingerprint density at radius 1 is 1.12 bits per heavy atom. The number of amides is 1. The Kier molecular flexibility index (Phi) is 7.60. The van der Waals surface area contributed by atoms with Gasteiger partial charge in [-0.25, -0.2) is 4.79 Å². The molecule has 8 nitrogen and oxygen atoms in total. The van der Waals surface area contributed by atoms with Crippen molar-refractivity contribution >= 4 is 17.6 Å². The van der Waals surface area contributed by atoms with Crippen molar-refractivity contribution in [1.29, 1.82) is 5.26 Å². The van der Waals surface area contributed by atoms with Crippen LogP contribution < -0.4 is 9.64 Å². The van der Waals surface area contributed by atoms with Crippen LogP contribution in [0.1, 0.15) is 33.8 Å². The molecule has 32 heavy (non-hydrogen) atoms. The molecule has 8 heteroatoms. The van der Waals surface area contributed by atoms with Crippen LogP contribution in [0.25, 0.3) is 0 Å². The summed E-state index contributed by atoms with van der Waals surface area (Å²) in [6.45, 7) is 3.66. The molecule has 0 spiro atoms. The van der Waals surface area contributed by atoms with Crippen molar-refractivity contribution in [2.45, 2.75) is 26.9 Å². The van der Waals surface area contributed by atoms with Crippen LogP contribution in [0.15, 0.2) is 59.1 Å². The molecule has 0 unspecified atom stereocenters. The van der Waals surface area contributed by atoms with E-state index in [0.29, 0.717) is 17.2 Å². The molecule has 2 aromatic carbocycles. The fraction of sp³-hybridized carbons (Fsp3) is 0.250. The number of rotatable bonds is 9. The zero-order valence-electron chi connectivity index (χ0n) is 17.9. The second-order valence-corrected chi connectivity index (χ2v) is 6.98. The largest absolute Gasteiger partial charge is 0.489 e. The van der Waals surface area contributed by atoms with Crippen LogP contribution in [0.3, 0.4) is 0 Å². The summed E-state index contributed by atoms with van der Waals surface area (Å²) in [4.78, 5) is 26.6. The zero-order valence-corrected chi connectivity index (χ0v) is 17.9. The summed E-state index contributed by atoms with van der Waals surface area (Å²) >= 11 is 0. The van der Waals surface area contributed by atoms with E-state index >= 15 is 0 Å². The first kappa shape index (κ1) is 22.6. The minimum atomic E-state index is -0.644. The van der Waals surface area contributed by atoms with Gasteiger partial charge in [-0.2, -0.15) is 5.26 Å². The van der Waals surface area contributed by atoms with Crippen LogP contribution in [0.2, 0.25) is 0 Å². The number of nitrogens with zero attached hydrogens (tertiary/aromatic N) is 3. The predicted octanol–water partition coefficient (Wildman–Crippen LogP) is 3.97. The number of ether oxygens (including phenoxy) is 2. The van der Waals surface area contributed by atoms with Crippen LogP contribution >= 0.6 is 0 Å². The Morgan fingerprint density at radius 3 is 2.59 bits per heavy atom. The number of carbonyl (C=O) groups excluding carboxylic acids is 2. The fourth-order valence-electron chi connectivity index (χ4n) is 3.03. The van der Waals surface area contributed by atoms with Gasteiger partial charge < -0.3 is 18.9 Å². The molecule has 1 heterocycles. The van der Waals surface area contributed by atoms with Crippen molar-refractivity contribution in [3.05, 3.63) is 77.2 Å². The zero-order chi connectivity index (χ0) is 22.9. The van der Waals surface area contributed by atoms with Crippen LogP contribution in [0.4, 0.5) is 5.69 Å². The molecule has 3 rings (SSSR count). The summed E-state index contributed by atoms with van der Waals surface area (Å²) in [5.74, 6) is 0.0988. The lowest BCUT2D eigenvalue weighted by Gasteiger charge is -2.21. The average molecular weight is 433 g/mol. The predicted molar refractivity (Wildman–Crippen MR) is 116 cm³/mol. The lowest BCUT2D eigenvalue weighted by Crippen LogP contribution is -2.35. The minimum Gasteiger partial charge on any atom is -0.489 e. The maximum atomic E-state index is 12.6. The molecule has 1 aromatic heterocycles. The third-order valence-electron chi connectivity index (χ3n) is 4.78. The van der Waals surface area contributed by atoms with Crippen molar-refractivity contribution < 1.29 is 23.6 Å². The Labute approximate surface area is 185 Å². The van der Waals surface area contributed by atoms with E-state index in [2.05, 4.69) is 5.16 Å². The third-order valence-corrected chi connectivity index (χ3v) is 4.78. The second kappa shape index (κ2) is 10.8. The molecular formula is C24H23N3O5. The molecule has 0 aliphatic carbocycles. The molecule has 1 amide bonds. The van der Waals surface area contributed by atoms with Gasteiger partial charge in [-0.15, -0.1) is 0 Å². The maximum Gasteiger partial charge on any atom is 0.338 e. The smallest absolute Gasteiger partial charge is 0.338 e. The average Bonchev–Trinajstić information content (AvgIpc) is 3.14. The number of anilines is 1. The van der Waals surface area contributed by atoms with Crippen LogP contribution in [0.5, 0.6) is 5.75 Å². The summed E-state index contributed by atoms with van der Waals surface area (Å²) in [6, 6.07) is 17.5. The minimum absolute atomic E-state index is 0.166. The lowest BCUT2D eigenvalue weighted by molar-refractivity contribution is -0.121. The Hall–Kier alpha value is -4.12. The van der Waals surface area contributed by atoms with Gasteiger partial charge in [-0.1, -0.05) is 29.4 Å². The van der Waals surface area contributed by atoms with Gasteiger partial charge in [0, 0.05) is 12.2 Å². The quantitative estimate of drug-likeness (QED) is 0.470. The van der Waals surface area contributed by atoms with Gasteiger partial charge in [-0.05, 0) is 44.2 Å². The summed E-state index contributed by atoms with van der Waals surface area (Å²) in [6.07, 6.45) is 0.166. The number of benzene rings is 2. The van der Waals surface area contributed by atoms with Gasteiger partial charge in [0.15, 0.2) is 6.61 Å². The van der Waals surface area contributed by atoms with E-state index in [1.807, 2.05) is 19.1 Å². The van der Waals surface area contributed by atoms with E-state index in [1.165, 1.54) is 4.90 Å². The molecule has 0 saturated carbocycles. The lowest BCUT2D eigenvalue weighted by atomic mass is 10.2. The number of carbonyl (C=O) groups is 2. The molecule has 0 radical (unpaired) electrons. The van der Waals surface area contributed by atoms with E-state index in [0.717, 1.165) is 11.3 Å². The van der Waals surface area contributed by atoms with Gasteiger partial charge in [0.25, 0.3) is 5.91 Å². The number of aromatic nitrogens is 1.